The van der Waals surface area contributed by atoms with Crippen LogP contribution >= 0.6 is 11.6 Å². The number of pyridine rings is 1. The number of nitrogens with one attached hydrogen (secondary N) is 1. The van der Waals surface area contributed by atoms with Crippen molar-refractivity contribution >= 4 is 17.5 Å². The average Bonchev–Trinajstić information content (AvgIpc) is 2.79. The molecule has 0 atom stereocenters. The Kier molecular flexibility index (Phi) is 5.68. The molecule has 0 aliphatic heterocycles. The Labute approximate surface area is 175 Å². The predicted octanol–water partition coefficient (Wildman–Crippen LogP) is 5.92. The summed E-state index contributed by atoms with van der Waals surface area (Å²) in [6.45, 7) is 0. The second-order valence-electron chi connectivity index (χ2n) is 6.64. The van der Waals surface area contributed by atoms with Crippen molar-refractivity contribution in [1.82, 2.24) is 10.3 Å². The minimum atomic E-state index is -0.227. The third-order valence-corrected chi connectivity index (χ3v) is 5.03. The van der Waals surface area contributed by atoms with Gasteiger partial charge in [-0.3, -0.25) is 9.78 Å². The molecule has 0 saturated carbocycles. The fraction of sp³-hybridized carbons (Fsp3) is 0.0400. The molecule has 3 aromatic carbocycles. The summed E-state index contributed by atoms with van der Waals surface area (Å²) in [5.74, 6) is -0.138. The molecule has 3 nitrogen and oxygen atoms in total. The summed E-state index contributed by atoms with van der Waals surface area (Å²) in [4.78, 5) is 17.3. The lowest BCUT2D eigenvalue weighted by atomic mass is 9.98. The first kappa shape index (κ1) is 18.9. The molecule has 0 unspecified atom stereocenters. The Morgan fingerprint density at radius 3 is 1.90 bits per heavy atom. The molecule has 4 rings (SSSR count). The molecule has 4 heteroatoms. The molecular weight excluding hydrogens is 380 g/mol. The molecule has 142 valence electrons. The van der Waals surface area contributed by atoms with Gasteiger partial charge in [-0.1, -0.05) is 84.4 Å². The number of amides is 1. The molecule has 1 aromatic heterocycles. The van der Waals surface area contributed by atoms with Crippen LogP contribution in [0.5, 0.6) is 0 Å². The minimum Gasteiger partial charge on any atom is -0.341 e. The Morgan fingerprint density at radius 2 is 1.34 bits per heavy atom. The summed E-state index contributed by atoms with van der Waals surface area (Å²) in [7, 11) is 0. The second-order valence-corrected chi connectivity index (χ2v) is 7.05. The smallest absolute Gasteiger partial charge is 0.252 e. The molecule has 4 aromatic rings. The number of rotatable bonds is 5. The first-order chi connectivity index (χ1) is 14.2. The molecule has 0 aliphatic rings. The summed E-state index contributed by atoms with van der Waals surface area (Å²) in [6, 6.07) is 30.6. The van der Waals surface area contributed by atoms with Gasteiger partial charge in [0, 0.05) is 17.3 Å². The zero-order valence-corrected chi connectivity index (χ0v) is 16.4. The van der Waals surface area contributed by atoms with E-state index in [0.717, 1.165) is 16.7 Å². The van der Waals surface area contributed by atoms with Gasteiger partial charge in [0.05, 0.1) is 16.8 Å². The fourth-order valence-corrected chi connectivity index (χ4v) is 3.47. The molecular formula is C25H19ClN2O. The van der Waals surface area contributed by atoms with Gasteiger partial charge >= 0.3 is 0 Å². The van der Waals surface area contributed by atoms with E-state index in [9.17, 15) is 4.79 Å². The lowest BCUT2D eigenvalue weighted by Crippen LogP contribution is -2.29. The van der Waals surface area contributed by atoms with Crippen LogP contribution in [0.3, 0.4) is 0 Å². The van der Waals surface area contributed by atoms with Crippen molar-refractivity contribution in [2.45, 2.75) is 6.04 Å². The van der Waals surface area contributed by atoms with Crippen LogP contribution in [0.15, 0.2) is 103 Å². The van der Waals surface area contributed by atoms with Crippen LogP contribution in [0, 0.1) is 0 Å². The number of hydrogen-bond acceptors (Lipinski definition) is 2. The van der Waals surface area contributed by atoms with E-state index in [4.69, 9.17) is 11.6 Å². The molecule has 0 bridgehead atoms. The standard InChI is InChI=1S/C25H19ClN2O/c26-22-12-7-17-27-24(22)20-13-15-21(16-14-20)25(29)28-23(18-8-3-1-4-9-18)19-10-5-2-6-11-19/h1-17,23H,(H,28,29). The van der Waals surface area contributed by atoms with Gasteiger partial charge in [0.15, 0.2) is 0 Å². The van der Waals surface area contributed by atoms with Crippen LogP contribution in [-0.4, -0.2) is 10.9 Å². The van der Waals surface area contributed by atoms with Gasteiger partial charge in [-0.05, 0) is 35.4 Å². The van der Waals surface area contributed by atoms with E-state index in [2.05, 4.69) is 10.3 Å². The van der Waals surface area contributed by atoms with E-state index in [0.29, 0.717) is 16.3 Å². The van der Waals surface area contributed by atoms with Gasteiger partial charge in [-0.25, -0.2) is 0 Å². The SMILES string of the molecule is O=C(NC(c1ccccc1)c1ccccc1)c1ccc(-c2ncccc2Cl)cc1. The van der Waals surface area contributed by atoms with Crippen LogP contribution in [0.4, 0.5) is 0 Å². The van der Waals surface area contributed by atoms with Crippen molar-refractivity contribution in [2.75, 3.05) is 0 Å². The third-order valence-electron chi connectivity index (χ3n) is 4.72. The average molecular weight is 399 g/mol. The molecule has 0 radical (unpaired) electrons. The Bertz CT molecular complexity index is 1060. The Hall–Kier alpha value is -3.43. The number of nitrogens with zero attached hydrogens (tertiary/aromatic N) is 1. The maximum Gasteiger partial charge on any atom is 0.252 e. The molecule has 1 heterocycles. The Morgan fingerprint density at radius 1 is 0.759 bits per heavy atom. The van der Waals surface area contributed by atoms with Crippen molar-refractivity contribution in [3.05, 3.63) is 125 Å². The number of carbonyl (C=O) groups is 1. The van der Waals surface area contributed by atoms with E-state index in [1.165, 1.54) is 0 Å². The molecule has 0 aliphatic carbocycles. The van der Waals surface area contributed by atoms with Crippen molar-refractivity contribution in [1.29, 1.82) is 0 Å². The number of halogens is 1. The number of hydrogen-bond donors (Lipinski definition) is 1. The monoisotopic (exact) mass is 398 g/mol. The lowest BCUT2D eigenvalue weighted by molar-refractivity contribution is 0.0943. The van der Waals surface area contributed by atoms with Crippen molar-refractivity contribution < 1.29 is 4.79 Å². The van der Waals surface area contributed by atoms with Gasteiger partial charge < -0.3 is 5.32 Å². The molecule has 0 fully saturated rings. The highest BCUT2D eigenvalue weighted by atomic mass is 35.5. The summed E-state index contributed by atoms with van der Waals surface area (Å²) < 4.78 is 0. The summed E-state index contributed by atoms with van der Waals surface area (Å²) in [6.07, 6.45) is 1.70. The normalized spacial score (nSPS) is 10.7. The number of carbonyl (C=O) groups excluding carboxylic acids is 1. The second kappa shape index (κ2) is 8.72. The first-order valence-corrected chi connectivity index (χ1v) is 9.72. The van der Waals surface area contributed by atoms with E-state index in [1.807, 2.05) is 72.8 Å². The predicted molar refractivity (Wildman–Crippen MR) is 117 cm³/mol. The quantitative estimate of drug-likeness (QED) is 0.453. The maximum atomic E-state index is 13.0. The van der Waals surface area contributed by atoms with E-state index in [1.54, 1.807) is 30.5 Å². The van der Waals surface area contributed by atoms with Crippen LogP contribution < -0.4 is 5.32 Å². The highest BCUT2D eigenvalue weighted by Crippen LogP contribution is 2.26. The van der Waals surface area contributed by atoms with Crippen LogP contribution in [0.25, 0.3) is 11.3 Å². The van der Waals surface area contributed by atoms with Gasteiger partial charge in [0.25, 0.3) is 5.91 Å². The van der Waals surface area contributed by atoms with Gasteiger partial charge in [-0.15, -0.1) is 0 Å². The number of benzene rings is 3. The summed E-state index contributed by atoms with van der Waals surface area (Å²) >= 11 is 6.22. The van der Waals surface area contributed by atoms with Crippen LogP contribution in [0.1, 0.15) is 27.5 Å². The largest absolute Gasteiger partial charge is 0.341 e. The molecule has 0 spiro atoms. The first-order valence-electron chi connectivity index (χ1n) is 9.34. The van der Waals surface area contributed by atoms with Gasteiger partial charge in [-0.2, -0.15) is 0 Å². The zero-order valence-electron chi connectivity index (χ0n) is 15.6. The van der Waals surface area contributed by atoms with Gasteiger partial charge in [0.1, 0.15) is 0 Å². The highest BCUT2D eigenvalue weighted by molar-refractivity contribution is 6.33. The Balaban J connectivity index is 1.59. The third kappa shape index (κ3) is 4.36. The van der Waals surface area contributed by atoms with Crippen LogP contribution in [0.2, 0.25) is 5.02 Å². The van der Waals surface area contributed by atoms with E-state index in [-0.39, 0.29) is 11.9 Å². The molecule has 1 amide bonds. The summed E-state index contributed by atoms with van der Waals surface area (Å²) in [5, 5.41) is 3.74. The minimum absolute atomic E-state index is 0.138. The van der Waals surface area contributed by atoms with Crippen molar-refractivity contribution in [3.63, 3.8) is 0 Å². The zero-order chi connectivity index (χ0) is 20.1. The molecule has 1 N–H and O–H groups in total. The van der Waals surface area contributed by atoms with Crippen molar-refractivity contribution in [3.8, 4) is 11.3 Å². The maximum absolute atomic E-state index is 13.0. The van der Waals surface area contributed by atoms with Crippen LogP contribution in [-0.2, 0) is 0 Å². The van der Waals surface area contributed by atoms with Gasteiger partial charge in [0.2, 0.25) is 0 Å². The summed E-state index contributed by atoms with van der Waals surface area (Å²) in [5.41, 5.74) is 4.22. The highest BCUT2D eigenvalue weighted by Gasteiger charge is 2.17. The molecule has 29 heavy (non-hydrogen) atoms. The topological polar surface area (TPSA) is 42.0 Å². The fourth-order valence-electron chi connectivity index (χ4n) is 3.24. The van der Waals surface area contributed by atoms with Crippen molar-refractivity contribution in [2.24, 2.45) is 0 Å². The lowest BCUT2D eigenvalue weighted by Gasteiger charge is -2.20. The van der Waals surface area contributed by atoms with E-state index >= 15 is 0 Å². The number of aromatic nitrogens is 1. The molecule has 0 saturated heterocycles. The van der Waals surface area contributed by atoms with E-state index < -0.39 is 0 Å².